The molecule has 0 heterocycles. The van der Waals surface area contributed by atoms with Gasteiger partial charge in [0.1, 0.15) is 5.75 Å². The Morgan fingerprint density at radius 1 is 0.929 bits per heavy atom. The number of unbranched alkanes of at least 4 members (excludes halogenated alkanes) is 1. The van der Waals surface area contributed by atoms with Crippen molar-refractivity contribution in [1.29, 1.82) is 0 Å². The van der Waals surface area contributed by atoms with Crippen molar-refractivity contribution in [2.75, 3.05) is 6.61 Å². The number of rotatable bonds is 6. The second kappa shape index (κ2) is 8.05. The van der Waals surface area contributed by atoms with Crippen LogP contribution in [0.15, 0.2) is 54.6 Å². The van der Waals surface area contributed by atoms with Crippen molar-refractivity contribution in [1.82, 2.24) is 0 Å². The minimum atomic E-state index is -0.903. The second-order valence-electron chi connectivity index (χ2n) is 8.24. The van der Waals surface area contributed by atoms with Crippen LogP contribution in [0.25, 0.3) is 21.9 Å². The van der Waals surface area contributed by atoms with Crippen LogP contribution in [0.1, 0.15) is 56.5 Å². The van der Waals surface area contributed by atoms with Gasteiger partial charge >= 0.3 is 5.97 Å². The molecule has 0 saturated carbocycles. The van der Waals surface area contributed by atoms with Gasteiger partial charge in [0.2, 0.25) is 0 Å². The molecule has 0 aromatic heterocycles. The van der Waals surface area contributed by atoms with Gasteiger partial charge in [-0.05, 0) is 64.1 Å². The lowest BCUT2D eigenvalue weighted by Gasteiger charge is -2.24. The third-order valence-electron chi connectivity index (χ3n) is 4.96. The molecule has 3 aromatic carbocycles. The molecule has 0 aliphatic carbocycles. The number of hydrogen-bond acceptors (Lipinski definition) is 2. The summed E-state index contributed by atoms with van der Waals surface area (Å²) in [6.07, 6.45) is 2.16. The molecule has 0 aliphatic rings. The van der Waals surface area contributed by atoms with Crippen LogP contribution in [0, 0.1) is 0 Å². The molecular formula is C25H28O3. The van der Waals surface area contributed by atoms with Crippen LogP contribution in [0.4, 0.5) is 0 Å². The average molecular weight is 376 g/mol. The molecule has 0 fully saturated rings. The summed E-state index contributed by atoms with van der Waals surface area (Å²) < 4.78 is 6.05. The zero-order chi connectivity index (χ0) is 20.3. The largest absolute Gasteiger partial charge is 0.493 e. The van der Waals surface area contributed by atoms with Gasteiger partial charge in [0.15, 0.2) is 0 Å². The summed E-state index contributed by atoms with van der Waals surface area (Å²) in [5.41, 5.74) is 3.73. The summed E-state index contributed by atoms with van der Waals surface area (Å²) in [5, 5.41) is 11.1. The van der Waals surface area contributed by atoms with Crippen molar-refractivity contribution in [2.45, 2.75) is 46.0 Å². The minimum absolute atomic E-state index is 0.0230. The Kier molecular flexibility index (Phi) is 5.73. The van der Waals surface area contributed by atoms with Crippen molar-refractivity contribution < 1.29 is 14.6 Å². The third-order valence-corrected chi connectivity index (χ3v) is 4.96. The van der Waals surface area contributed by atoms with E-state index in [1.165, 1.54) is 5.56 Å². The number of ether oxygens (including phenoxy) is 1. The van der Waals surface area contributed by atoms with E-state index in [0.29, 0.717) is 5.56 Å². The van der Waals surface area contributed by atoms with Gasteiger partial charge in [0, 0.05) is 5.56 Å². The number of aromatic carboxylic acids is 1. The standard InChI is InChI=1S/C25H28O3/c1-5-6-13-28-23-12-11-20(16-22(23)25(2,3)4)18-7-8-19-15-21(24(26)27)10-9-17(19)14-18/h7-12,14-16H,5-6,13H2,1-4H3,(H,26,27). The van der Waals surface area contributed by atoms with Crippen LogP contribution in [-0.4, -0.2) is 17.7 Å². The highest BCUT2D eigenvalue weighted by Crippen LogP contribution is 2.36. The SMILES string of the molecule is CCCCOc1ccc(-c2ccc3cc(C(=O)O)ccc3c2)cc1C(C)(C)C. The molecule has 0 unspecified atom stereocenters. The number of carbonyl (C=O) groups is 1. The van der Waals surface area contributed by atoms with Gasteiger partial charge in [-0.1, -0.05) is 58.4 Å². The number of fused-ring (bicyclic) bond motifs is 1. The van der Waals surface area contributed by atoms with E-state index >= 15 is 0 Å². The lowest BCUT2D eigenvalue weighted by molar-refractivity contribution is 0.0697. The van der Waals surface area contributed by atoms with Gasteiger partial charge in [-0.25, -0.2) is 4.79 Å². The fourth-order valence-corrected chi connectivity index (χ4v) is 3.31. The molecule has 0 saturated heterocycles. The fourth-order valence-electron chi connectivity index (χ4n) is 3.31. The third kappa shape index (κ3) is 4.36. The first-order valence-electron chi connectivity index (χ1n) is 9.84. The molecule has 0 spiro atoms. The van der Waals surface area contributed by atoms with Gasteiger partial charge in [-0.3, -0.25) is 0 Å². The van der Waals surface area contributed by atoms with Crippen LogP contribution < -0.4 is 4.74 Å². The summed E-state index contributed by atoms with van der Waals surface area (Å²) in [6, 6.07) is 17.8. The second-order valence-corrected chi connectivity index (χ2v) is 8.24. The Labute approximate surface area is 167 Å². The van der Waals surface area contributed by atoms with E-state index in [9.17, 15) is 9.90 Å². The van der Waals surface area contributed by atoms with Crippen LogP contribution in [0.3, 0.4) is 0 Å². The lowest BCUT2D eigenvalue weighted by atomic mass is 9.84. The maximum Gasteiger partial charge on any atom is 0.335 e. The van der Waals surface area contributed by atoms with Crippen molar-refractivity contribution in [2.24, 2.45) is 0 Å². The molecule has 0 aliphatic heterocycles. The van der Waals surface area contributed by atoms with Crippen LogP contribution >= 0.6 is 0 Å². The molecule has 0 radical (unpaired) electrons. The topological polar surface area (TPSA) is 46.5 Å². The molecule has 3 nitrogen and oxygen atoms in total. The van der Waals surface area contributed by atoms with Gasteiger partial charge in [-0.15, -0.1) is 0 Å². The summed E-state index contributed by atoms with van der Waals surface area (Å²) >= 11 is 0. The molecular weight excluding hydrogens is 348 g/mol. The van der Waals surface area contributed by atoms with E-state index in [1.807, 2.05) is 18.2 Å². The molecule has 1 N–H and O–H groups in total. The van der Waals surface area contributed by atoms with E-state index in [0.717, 1.165) is 47.1 Å². The molecule has 28 heavy (non-hydrogen) atoms. The first-order chi connectivity index (χ1) is 13.3. The molecule has 3 heteroatoms. The fraction of sp³-hybridized carbons (Fsp3) is 0.320. The molecule has 0 bridgehead atoms. The summed E-state index contributed by atoms with van der Waals surface area (Å²) in [7, 11) is 0. The Morgan fingerprint density at radius 2 is 1.57 bits per heavy atom. The summed E-state index contributed by atoms with van der Waals surface area (Å²) in [6.45, 7) is 9.50. The van der Waals surface area contributed by atoms with E-state index in [2.05, 4.69) is 52.0 Å². The highest BCUT2D eigenvalue weighted by Gasteiger charge is 2.20. The molecule has 146 valence electrons. The van der Waals surface area contributed by atoms with Crippen molar-refractivity contribution in [3.63, 3.8) is 0 Å². The van der Waals surface area contributed by atoms with Crippen LogP contribution in [0.2, 0.25) is 0 Å². The minimum Gasteiger partial charge on any atom is -0.493 e. The highest BCUT2D eigenvalue weighted by molar-refractivity contribution is 5.95. The number of hydrogen-bond donors (Lipinski definition) is 1. The Balaban J connectivity index is 2.00. The number of carboxylic acids is 1. The van der Waals surface area contributed by atoms with Gasteiger partial charge < -0.3 is 9.84 Å². The zero-order valence-corrected chi connectivity index (χ0v) is 17.1. The summed E-state index contributed by atoms with van der Waals surface area (Å²) in [4.78, 5) is 11.2. The quantitative estimate of drug-likeness (QED) is 0.488. The average Bonchev–Trinajstić information content (AvgIpc) is 2.66. The molecule has 3 aromatic rings. The van der Waals surface area contributed by atoms with Gasteiger partial charge in [0.05, 0.1) is 12.2 Å². The molecule has 0 atom stereocenters. The monoisotopic (exact) mass is 376 g/mol. The highest BCUT2D eigenvalue weighted by atomic mass is 16.5. The Hall–Kier alpha value is -2.81. The number of benzene rings is 3. The van der Waals surface area contributed by atoms with Crippen LogP contribution in [0.5, 0.6) is 5.75 Å². The maximum absolute atomic E-state index is 11.2. The van der Waals surface area contributed by atoms with E-state index in [1.54, 1.807) is 12.1 Å². The Bertz CT molecular complexity index is 996. The molecule has 3 rings (SSSR count). The predicted octanol–water partition coefficient (Wildman–Crippen LogP) is 6.68. The van der Waals surface area contributed by atoms with Gasteiger partial charge in [0.25, 0.3) is 0 Å². The number of carboxylic acid groups (broad SMARTS) is 1. The maximum atomic E-state index is 11.2. The smallest absolute Gasteiger partial charge is 0.335 e. The first kappa shape index (κ1) is 19.9. The normalized spacial score (nSPS) is 11.6. The van der Waals surface area contributed by atoms with Crippen molar-refractivity contribution in [3.05, 3.63) is 65.7 Å². The van der Waals surface area contributed by atoms with Crippen molar-refractivity contribution in [3.8, 4) is 16.9 Å². The van der Waals surface area contributed by atoms with E-state index in [-0.39, 0.29) is 5.41 Å². The first-order valence-corrected chi connectivity index (χ1v) is 9.84. The molecule has 0 amide bonds. The summed E-state index contributed by atoms with van der Waals surface area (Å²) in [5.74, 6) is 0.0519. The Morgan fingerprint density at radius 3 is 2.25 bits per heavy atom. The van der Waals surface area contributed by atoms with E-state index in [4.69, 9.17) is 4.74 Å². The zero-order valence-electron chi connectivity index (χ0n) is 17.1. The van der Waals surface area contributed by atoms with Gasteiger partial charge in [-0.2, -0.15) is 0 Å². The lowest BCUT2D eigenvalue weighted by Crippen LogP contribution is -2.14. The predicted molar refractivity (Wildman–Crippen MR) is 115 cm³/mol. The van der Waals surface area contributed by atoms with Crippen LogP contribution in [-0.2, 0) is 5.41 Å². The van der Waals surface area contributed by atoms with E-state index < -0.39 is 5.97 Å². The van der Waals surface area contributed by atoms with Crippen molar-refractivity contribution >= 4 is 16.7 Å².